The molecule has 0 unspecified atom stereocenters. The fourth-order valence-corrected chi connectivity index (χ4v) is 4.23. The van der Waals surface area contributed by atoms with Gasteiger partial charge in [0.15, 0.2) is 0 Å². The zero-order valence-corrected chi connectivity index (χ0v) is 18.9. The number of aliphatic carboxylic acids is 1. The number of alkyl halides is 3. The van der Waals surface area contributed by atoms with Crippen LogP contribution < -0.4 is 10.2 Å². The van der Waals surface area contributed by atoms with Gasteiger partial charge in [-0.3, -0.25) is 14.4 Å². The van der Waals surface area contributed by atoms with Crippen molar-refractivity contribution in [3.63, 3.8) is 0 Å². The highest BCUT2D eigenvalue weighted by Gasteiger charge is 2.31. The molecule has 1 saturated heterocycles. The minimum absolute atomic E-state index is 0.0942. The quantitative estimate of drug-likeness (QED) is 0.544. The molecule has 0 bridgehead atoms. The molecule has 7 nitrogen and oxygen atoms in total. The monoisotopic (exact) mass is 495 g/mol. The van der Waals surface area contributed by atoms with E-state index in [2.05, 4.69) is 5.32 Å². The number of anilines is 1. The van der Waals surface area contributed by atoms with Gasteiger partial charge >= 0.3 is 11.5 Å². The molecule has 1 aliphatic rings. The van der Waals surface area contributed by atoms with Crippen LogP contribution in [0.25, 0.3) is 0 Å². The van der Waals surface area contributed by atoms with Crippen molar-refractivity contribution in [3.05, 3.63) is 60.2 Å². The Morgan fingerprint density at radius 2 is 1.65 bits per heavy atom. The Morgan fingerprint density at radius 1 is 0.971 bits per heavy atom. The first-order valence-electron chi connectivity index (χ1n) is 10.6. The summed E-state index contributed by atoms with van der Waals surface area (Å²) in [6.07, 6.45) is -0.585. The summed E-state index contributed by atoms with van der Waals surface area (Å²) < 4.78 is 38.1. The van der Waals surface area contributed by atoms with Gasteiger partial charge in [-0.25, -0.2) is 0 Å². The average Bonchev–Trinajstić information content (AvgIpc) is 2.80. The van der Waals surface area contributed by atoms with Crippen molar-refractivity contribution in [3.8, 4) is 0 Å². The molecule has 2 aromatic rings. The van der Waals surface area contributed by atoms with Crippen molar-refractivity contribution in [2.24, 2.45) is 0 Å². The second-order valence-electron chi connectivity index (χ2n) is 7.66. The van der Waals surface area contributed by atoms with Crippen LogP contribution in [0.15, 0.2) is 59.5 Å². The lowest BCUT2D eigenvalue weighted by Crippen LogP contribution is -2.52. The zero-order valence-electron chi connectivity index (χ0n) is 18.1. The number of hydrogen-bond acceptors (Lipinski definition) is 5. The number of rotatable bonds is 8. The molecule has 1 atom stereocenters. The highest BCUT2D eigenvalue weighted by Crippen LogP contribution is 2.38. The fourth-order valence-electron chi connectivity index (χ4n) is 3.63. The number of hydrogen-bond donors (Lipinski definition) is 2. The summed E-state index contributed by atoms with van der Waals surface area (Å²) in [5.74, 6) is -1.97. The molecule has 0 aliphatic carbocycles. The molecule has 1 heterocycles. The first kappa shape index (κ1) is 25.4. The van der Waals surface area contributed by atoms with E-state index in [9.17, 15) is 27.6 Å². The van der Waals surface area contributed by atoms with E-state index in [-0.39, 0.29) is 35.4 Å². The van der Waals surface area contributed by atoms with Gasteiger partial charge in [-0.15, -0.1) is 0 Å². The molecule has 0 radical (unpaired) electrons. The second-order valence-corrected chi connectivity index (χ2v) is 8.80. The maximum atomic E-state index is 13.3. The van der Waals surface area contributed by atoms with Crippen molar-refractivity contribution in [1.29, 1.82) is 0 Å². The Hall–Kier alpha value is -3.21. The predicted octanol–water partition coefficient (Wildman–Crippen LogP) is 3.67. The van der Waals surface area contributed by atoms with E-state index in [1.807, 2.05) is 4.90 Å². The lowest BCUT2D eigenvalue weighted by Gasteiger charge is -2.38. The van der Waals surface area contributed by atoms with Gasteiger partial charge in [0, 0.05) is 43.2 Å². The van der Waals surface area contributed by atoms with Crippen LogP contribution in [-0.2, 0) is 14.4 Å². The molecular weight excluding hydrogens is 471 g/mol. The standard InChI is InChI=1S/C23H24F3N3O4S/c24-23(25,26)34-18-8-4-7-17(15-18)28-11-13-29(14-12-28)22(33)21(16-5-2-1-3-6-16)27-19(30)9-10-20(31)32/h1-8,15,21H,9-14H2,(H,27,30)(H,31,32)/t21-/m1/s1. The van der Waals surface area contributed by atoms with Gasteiger partial charge in [-0.2, -0.15) is 13.2 Å². The number of halogens is 3. The molecule has 0 aromatic heterocycles. The van der Waals surface area contributed by atoms with Gasteiger partial charge in [0.05, 0.1) is 6.42 Å². The van der Waals surface area contributed by atoms with E-state index in [0.717, 1.165) is 0 Å². The normalized spacial score (nSPS) is 15.0. The highest BCUT2D eigenvalue weighted by atomic mass is 32.2. The average molecular weight is 496 g/mol. The summed E-state index contributed by atoms with van der Waals surface area (Å²) in [5, 5.41) is 11.4. The lowest BCUT2D eigenvalue weighted by atomic mass is 10.0. The van der Waals surface area contributed by atoms with E-state index in [1.54, 1.807) is 47.4 Å². The molecule has 0 spiro atoms. The fraction of sp³-hybridized carbons (Fsp3) is 0.348. The van der Waals surface area contributed by atoms with E-state index in [1.165, 1.54) is 12.1 Å². The number of carboxylic acid groups (broad SMARTS) is 1. The molecule has 182 valence electrons. The van der Waals surface area contributed by atoms with Crippen molar-refractivity contribution in [2.45, 2.75) is 29.3 Å². The lowest BCUT2D eigenvalue weighted by molar-refractivity contribution is -0.139. The predicted molar refractivity (Wildman–Crippen MR) is 121 cm³/mol. The molecule has 11 heteroatoms. The van der Waals surface area contributed by atoms with Crippen LogP contribution in [0.5, 0.6) is 0 Å². The Balaban J connectivity index is 1.66. The van der Waals surface area contributed by atoms with Crippen LogP contribution >= 0.6 is 11.8 Å². The maximum absolute atomic E-state index is 13.3. The summed E-state index contributed by atoms with van der Waals surface area (Å²) in [6.45, 7) is 1.48. The van der Waals surface area contributed by atoms with E-state index in [0.29, 0.717) is 37.4 Å². The minimum atomic E-state index is -4.37. The van der Waals surface area contributed by atoms with E-state index >= 15 is 0 Å². The Labute approximate surface area is 198 Å². The van der Waals surface area contributed by atoms with E-state index in [4.69, 9.17) is 5.11 Å². The number of carbonyl (C=O) groups is 3. The third-order valence-electron chi connectivity index (χ3n) is 5.26. The number of carboxylic acids is 1. The molecule has 2 N–H and O–H groups in total. The Bertz CT molecular complexity index is 1010. The van der Waals surface area contributed by atoms with Gasteiger partial charge in [0.2, 0.25) is 11.8 Å². The Morgan fingerprint density at radius 3 is 2.26 bits per heavy atom. The van der Waals surface area contributed by atoms with Crippen molar-refractivity contribution in [1.82, 2.24) is 10.2 Å². The summed E-state index contributed by atoms with van der Waals surface area (Å²) in [6, 6.07) is 13.9. The van der Waals surface area contributed by atoms with Crippen LogP contribution in [0, 0.1) is 0 Å². The minimum Gasteiger partial charge on any atom is -0.481 e. The first-order valence-corrected chi connectivity index (χ1v) is 11.4. The molecule has 34 heavy (non-hydrogen) atoms. The number of amides is 2. The third-order valence-corrected chi connectivity index (χ3v) is 5.98. The SMILES string of the molecule is O=C(O)CCC(=O)N[C@@H](C(=O)N1CCN(c2cccc(SC(F)(F)F)c2)CC1)c1ccccc1. The summed E-state index contributed by atoms with van der Waals surface area (Å²) in [4.78, 5) is 39.9. The first-order chi connectivity index (χ1) is 16.1. The molecule has 1 aliphatic heterocycles. The zero-order chi connectivity index (χ0) is 24.7. The van der Waals surface area contributed by atoms with Crippen LogP contribution in [0.4, 0.5) is 18.9 Å². The van der Waals surface area contributed by atoms with Crippen molar-refractivity contribution < 1.29 is 32.7 Å². The van der Waals surface area contributed by atoms with Crippen LogP contribution in [-0.4, -0.2) is 59.5 Å². The number of thioether (sulfide) groups is 1. The summed E-state index contributed by atoms with van der Waals surface area (Å²) in [5.41, 5.74) is -3.15. The molecule has 0 saturated carbocycles. The van der Waals surface area contributed by atoms with Crippen molar-refractivity contribution in [2.75, 3.05) is 31.1 Å². The van der Waals surface area contributed by atoms with E-state index < -0.39 is 23.4 Å². The maximum Gasteiger partial charge on any atom is 0.446 e. The largest absolute Gasteiger partial charge is 0.481 e. The summed E-state index contributed by atoms with van der Waals surface area (Å²) >= 11 is -0.171. The number of benzene rings is 2. The van der Waals surface area contributed by atoms with Gasteiger partial charge in [0.1, 0.15) is 6.04 Å². The van der Waals surface area contributed by atoms with Crippen LogP contribution in [0.3, 0.4) is 0 Å². The summed E-state index contributed by atoms with van der Waals surface area (Å²) in [7, 11) is 0. The van der Waals surface area contributed by atoms with Gasteiger partial charge < -0.3 is 20.2 Å². The molecule has 1 fully saturated rings. The smallest absolute Gasteiger partial charge is 0.446 e. The van der Waals surface area contributed by atoms with Gasteiger partial charge in [0.25, 0.3) is 0 Å². The molecule has 3 rings (SSSR count). The second kappa shape index (κ2) is 11.3. The Kier molecular flexibility index (Phi) is 8.43. The highest BCUT2D eigenvalue weighted by molar-refractivity contribution is 8.00. The number of nitrogens with one attached hydrogen (secondary N) is 1. The number of carbonyl (C=O) groups excluding carboxylic acids is 2. The molecule has 2 aromatic carbocycles. The molecular formula is C23H24F3N3O4S. The van der Waals surface area contributed by atoms with Gasteiger partial charge in [-0.05, 0) is 35.5 Å². The topological polar surface area (TPSA) is 89.9 Å². The van der Waals surface area contributed by atoms with Gasteiger partial charge in [-0.1, -0.05) is 36.4 Å². The van der Waals surface area contributed by atoms with Crippen molar-refractivity contribution >= 4 is 35.2 Å². The van der Waals surface area contributed by atoms with Crippen LogP contribution in [0.1, 0.15) is 24.4 Å². The van der Waals surface area contributed by atoms with Crippen LogP contribution in [0.2, 0.25) is 0 Å². The number of nitrogens with zero attached hydrogens (tertiary/aromatic N) is 2. The third kappa shape index (κ3) is 7.41. The molecule has 2 amide bonds. The number of piperazine rings is 1.